The van der Waals surface area contributed by atoms with Crippen LogP contribution in [0.15, 0.2) is 28.9 Å². The van der Waals surface area contributed by atoms with Gasteiger partial charge in [-0.3, -0.25) is 16.0 Å². The molecule has 1 aromatic carbocycles. The fraction of sp³-hybridized carbons (Fsp3) is 0.308. The van der Waals surface area contributed by atoms with Gasteiger partial charge in [-0.15, -0.1) is 0 Å². The normalized spacial score (nSPS) is 12.7. The first kappa shape index (κ1) is 14.5. The number of hydrogen-bond donors (Lipinski definition) is 2. The van der Waals surface area contributed by atoms with Gasteiger partial charge < -0.3 is 0 Å². The lowest BCUT2D eigenvalue weighted by atomic mass is 10.00. The largest absolute Gasteiger partial charge is 0.273 e. The minimum absolute atomic E-state index is 0.00706. The zero-order chi connectivity index (χ0) is 14.0. The standard InChI is InChI=1S/C13H16BrClN4/c1-8-11(7-17-19(8)2)13(18-16)5-9-3-4-10(14)6-12(9)15/h3-4,6-7,13,18H,5,16H2,1-2H3. The molecule has 0 bridgehead atoms. The minimum atomic E-state index is -0.00706. The molecular weight excluding hydrogens is 328 g/mol. The van der Waals surface area contributed by atoms with Crippen LogP contribution in [0.25, 0.3) is 0 Å². The number of hydrogen-bond acceptors (Lipinski definition) is 3. The van der Waals surface area contributed by atoms with Crippen LogP contribution in [0.4, 0.5) is 0 Å². The van der Waals surface area contributed by atoms with Crippen LogP contribution in [0.2, 0.25) is 5.02 Å². The van der Waals surface area contributed by atoms with Crippen molar-refractivity contribution in [3.8, 4) is 0 Å². The van der Waals surface area contributed by atoms with Crippen molar-refractivity contribution in [2.45, 2.75) is 19.4 Å². The summed E-state index contributed by atoms with van der Waals surface area (Å²) in [5.41, 5.74) is 6.07. The van der Waals surface area contributed by atoms with Crippen LogP contribution in [0.1, 0.15) is 22.9 Å². The molecule has 0 spiro atoms. The van der Waals surface area contributed by atoms with E-state index in [0.717, 1.165) is 32.7 Å². The minimum Gasteiger partial charge on any atom is -0.273 e. The van der Waals surface area contributed by atoms with Crippen LogP contribution < -0.4 is 11.3 Å². The molecule has 19 heavy (non-hydrogen) atoms. The van der Waals surface area contributed by atoms with Gasteiger partial charge in [0, 0.05) is 27.8 Å². The molecule has 1 heterocycles. The van der Waals surface area contributed by atoms with Gasteiger partial charge in [-0.25, -0.2) is 0 Å². The highest BCUT2D eigenvalue weighted by Gasteiger charge is 2.17. The van der Waals surface area contributed by atoms with E-state index in [1.54, 1.807) is 0 Å². The maximum Gasteiger partial charge on any atom is 0.0540 e. The van der Waals surface area contributed by atoms with Gasteiger partial charge in [0.15, 0.2) is 0 Å². The third kappa shape index (κ3) is 3.17. The molecule has 1 aromatic heterocycles. The van der Waals surface area contributed by atoms with Crippen molar-refractivity contribution in [3.05, 3.63) is 50.7 Å². The van der Waals surface area contributed by atoms with Crippen molar-refractivity contribution in [3.63, 3.8) is 0 Å². The lowest BCUT2D eigenvalue weighted by Gasteiger charge is -2.16. The summed E-state index contributed by atoms with van der Waals surface area (Å²) < 4.78 is 2.80. The van der Waals surface area contributed by atoms with Gasteiger partial charge in [-0.2, -0.15) is 5.10 Å². The second-order valence-electron chi connectivity index (χ2n) is 4.47. The monoisotopic (exact) mass is 342 g/mol. The molecular formula is C13H16BrClN4. The van der Waals surface area contributed by atoms with Gasteiger partial charge in [-0.05, 0) is 31.0 Å². The van der Waals surface area contributed by atoms with Crippen molar-refractivity contribution >= 4 is 27.5 Å². The topological polar surface area (TPSA) is 55.9 Å². The van der Waals surface area contributed by atoms with Crippen LogP contribution in [-0.2, 0) is 13.5 Å². The Morgan fingerprint density at radius 1 is 1.53 bits per heavy atom. The predicted molar refractivity (Wildman–Crippen MR) is 80.9 cm³/mol. The number of nitrogens with one attached hydrogen (secondary N) is 1. The molecule has 0 amide bonds. The summed E-state index contributed by atoms with van der Waals surface area (Å²) in [4.78, 5) is 0. The zero-order valence-electron chi connectivity index (χ0n) is 10.8. The molecule has 1 unspecified atom stereocenters. The highest BCUT2D eigenvalue weighted by molar-refractivity contribution is 9.10. The first-order chi connectivity index (χ1) is 9.02. The van der Waals surface area contributed by atoms with Crippen molar-refractivity contribution in [2.24, 2.45) is 12.9 Å². The van der Waals surface area contributed by atoms with Crippen LogP contribution in [0.5, 0.6) is 0 Å². The Balaban J connectivity index is 2.26. The summed E-state index contributed by atoms with van der Waals surface area (Å²) in [7, 11) is 1.92. The van der Waals surface area contributed by atoms with E-state index < -0.39 is 0 Å². The average Bonchev–Trinajstić information content (AvgIpc) is 2.70. The van der Waals surface area contributed by atoms with Crippen LogP contribution in [-0.4, -0.2) is 9.78 Å². The number of aryl methyl sites for hydroxylation is 1. The SMILES string of the molecule is Cc1c(C(Cc2ccc(Br)cc2Cl)NN)cnn1C. The molecule has 1 atom stereocenters. The van der Waals surface area contributed by atoms with E-state index in [2.05, 4.69) is 26.5 Å². The second-order valence-corrected chi connectivity index (χ2v) is 5.79. The predicted octanol–water partition coefficient (Wildman–Crippen LogP) is 2.89. The summed E-state index contributed by atoms with van der Waals surface area (Å²) in [5, 5.41) is 4.98. The molecule has 2 aromatic rings. The van der Waals surface area contributed by atoms with E-state index in [9.17, 15) is 0 Å². The molecule has 0 aliphatic heterocycles. The summed E-state index contributed by atoms with van der Waals surface area (Å²) in [6.45, 7) is 2.02. The zero-order valence-corrected chi connectivity index (χ0v) is 13.2. The summed E-state index contributed by atoms with van der Waals surface area (Å²) in [5.74, 6) is 5.67. The maximum atomic E-state index is 6.24. The first-order valence-electron chi connectivity index (χ1n) is 5.91. The highest BCUT2D eigenvalue weighted by atomic mass is 79.9. The van der Waals surface area contributed by atoms with E-state index >= 15 is 0 Å². The van der Waals surface area contributed by atoms with Gasteiger partial charge in [0.25, 0.3) is 0 Å². The van der Waals surface area contributed by atoms with Gasteiger partial charge in [0.1, 0.15) is 0 Å². The van der Waals surface area contributed by atoms with E-state index in [1.807, 2.05) is 43.0 Å². The van der Waals surface area contributed by atoms with Gasteiger partial charge in [-0.1, -0.05) is 33.6 Å². The number of rotatable bonds is 4. The third-order valence-electron chi connectivity index (χ3n) is 3.29. The van der Waals surface area contributed by atoms with E-state index in [0.29, 0.717) is 0 Å². The lowest BCUT2D eigenvalue weighted by Crippen LogP contribution is -2.30. The van der Waals surface area contributed by atoms with E-state index in [4.69, 9.17) is 17.4 Å². The molecule has 0 saturated carbocycles. The Labute approximate surface area is 126 Å². The Hall–Kier alpha value is -0.880. The van der Waals surface area contributed by atoms with Crippen LogP contribution >= 0.6 is 27.5 Å². The number of nitrogens with zero attached hydrogens (tertiary/aromatic N) is 2. The van der Waals surface area contributed by atoms with Gasteiger partial charge in [0.2, 0.25) is 0 Å². The van der Waals surface area contributed by atoms with Gasteiger partial charge >= 0.3 is 0 Å². The number of halogens is 2. The van der Waals surface area contributed by atoms with Gasteiger partial charge in [0.05, 0.1) is 12.2 Å². The van der Waals surface area contributed by atoms with E-state index in [1.165, 1.54) is 0 Å². The third-order valence-corrected chi connectivity index (χ3v) is 4.13. The molecule has 4 nitrogen and oxygen atoms in total. The fourth-order valence-electron chi connectivity index (χ4n) is 2.02. The molecule has 0 fully saturated rings. The first-order valence-corrected chi connectivity index (χ1v) is 7.08. The Kier molecular flexibility index (Phi) is 4.62. The molecule has 102 valence electrons. The summed E-state index contributed by atoms with van der Waals surface area (Å²) in [6.07, 6.45) is 2.56. The average molecular weight is 344 g/mol. The smallest absolute Gasteiger partial charge is 0.0540 e. The molecule has 0 aliphatic carbocycles. The number of aromatic nitrogens is 2. The Bertz CT molecular complexity index is 582. The number of nitrogens with two attached hydrogens (primary N) is 1. The van der Waals surface area contributed by atoms with Crippen molar-refractivity contribution in [2.75, 3.05) is 0 Å². The van der Waals surface area contributed by atoms with E-state index in [-0.39, 0.29) is 6.04 Å². The van der Waals surface area contributed by atoms with Crippen LogP contribution in [0.3, 0.4) is 0 Å². The molecule has 0 radical (unpaired) electrons. The number of benzene rings is 1. The molecule has 0 aliphatic rings. The quantitative estimate of drug-likeness (QED) is 0.663. The van der Waals surface area contributed by atoms with Crippen molar-refractivity contribution < 1.29 is 0 Å². The number of hydrazine groups is 1. The fourth-order valence-corrected chi connectivity index (χ4v) is 2.77. The van der Waals surface area contributed by atoms with Crippen LogP contribution in [0, 0.1) is 6.92 Å². The Morgan fingerprint density at radius 2 is 2.26 bits per heavy atom. The maximum absolute atomic E-state index is 6.24. The van der Waals surface area contributed by atoms with Crippen molar-refractivity contribution in [1.29, 1.82) is 0 Å². The molecule has 6 heteroatoms. The molecule has 3 N–H and O–H groups in total. The summed E-state index contributed by atoms with van der Waals surface area (Å²) in [6, 6.07) is 5.86. The molecule has 2 rings (SSSR count). The lowest BCUT2D eigenvalue weighted by molar-refractivity contribution is 0.548. The molecule has 0 saturated heterocycles. The summed E-state index contributed by atoms with van der Waals surface area (Å²) >= 11 is 9.64. The van der Waals surface area contributed by atoms with Crippen molar-refractivity contribution in [1.82, 2.24) is 15.2 Å². The second kappa shape index (κ2) is 6.05. The Morgan fingerprint density at radius 3 is 2.79 bits per heavy atom. The highest BCUT2D eigenvalue weighted by Crippen LogP contribution is 2.27.